The topological polar surface area (TPSA) is 387 Å². The summed E-state index contributed by atoms with van der Waals surface area (Å²) in [7, 11) is 0. The van der Waals surface area contributed by atoms with Crippen molar-refractivity contribution in [2.45, 2.75) is 330 Å². The van der Waals surface area contributed by atoms with Crippen molar-refractivity contribution < 1.29 is 138 Å². The molecule has 12 saturated heterocycles. The van der Waals surface area contributed by atoms with Crippen LogP contribution in [-0.2, 0) is 168 Å². The Balaban J connectivity index is 0.000000166. The predicted molar refractivity (Wildman–Crippen MR) is 529 cm³/mol. The van der Waals surface area contributed by atoms with Gasteiger partial charge >= 0.3 is 0 Å². The lowest BCUT2D eigenvalue weighted by atomic mass is 9.86. The third-order valence-corrected chi connectivity index (χ3v) is 29.3. The second kappa shape index (κ2) is 49.8. The number of benzene rings is 8. The van der Waals surface area contributed by atoms with Gasteiger partial charge in [0.1, 0.15) is 72.2 Å². The zero-order valence-corrected chi connectivity index (χ0v) is 85.2. The Morgan fingerprint density at radius 2 is 0.660 bits per heavy atom. The number of aliphatic hydroxyl groups excluding tert-OH is 2. The molecule has 20 rings (SSSR count). The molecule has 12 heterocycles. The van der Waals surface area contributed by atoms with Gasteiger partial charge in [0.15, 0.2) is 61.9 Å². The van der Waals surface area contributed by atoms with E-state index in [1.54, 1.807) is 0 Å². The van der Waals surface area contributed by atoms with Crippen LogP contribution in [0, 0.1) is 23.7 Å². The van der Waals surface area contributed by atoms with E-state index < -0.39 is 201 Å². The van der Waals surface area contributed by atoms with Crippen molar-refractivity contribution in [3.05, 3.63) is 308 Å². The summed E-state index contributed by atoms with van der Waals surface area (Å²) in [5.41, 5.74) is 24.5. The van der Waals surface area contributed by atoms with E-state index in [-0.39, 0.29) is 76.2 Å². The standard InChI is InChI=1S/C56H69N3O14.C41H50O12.C15H21N3O3/c1-34-44(58-59-57)42(30-60-27-38-19-11-7-12-20-38)65-36(3)45(34)67-53-49-48(71-55(5,6)72-49)47(37(4)66-53)69-51-35(2)46(43(31-63-51)62-29-40-23-15-9-16-24-40)68-54-50-56(33-64-54,32-61-28-39-21-13-8-14-22-39)73-52(70-50)41-25-17-10-18-26-41;1-25-31(48-39-35-41(24-46-39,23-43-20-27-14-8-5-9-15-27)53-38(50-35)29-18-12-7-13-19-29)30(44-21-28-16-10-6-11-17-28)22-45-37(25)49-32-26(2)47-36(42)34-33(32)51-40(3,4)52-34;1-10-14(17-18-16)13(21-11(2)15(10)19)9-20-8-12-6-4-3-5-7-12/h7-26,34-37,42-54H,27-33H2,1-6H3;5-19,25-26,30-39,42H,20-24H2,1-4H3;3-7,10-11,13-15,19H,8-9H2,1-2H3/t34?,35?,36-,37?,42?,43+,44+,45?,46?,47-,48?,49?,50?,51-,52-,53-,54-,56-;25?,26?,30-,31?,32+,33?,34?,35?,36-,37+,38+,39+,41+;10?,11-,13?,14+,15?/m010/s1. The van der Waals surface area contributed by atoms with Gasteiger partial charge in [0.05, 0.1) is 166 Å². The summed E-state index contributed by atoms with van der Waals surface area (Å²) >= 11 is 0. The van der Waals surface area contributed by atoms with E-state index in [0.29, 0.717) is 46.2 Å². The number of rotatable bonds is 36. The third kappa shape index (κ3) is 26.2. The minimum absolute atomic E-state index is 0.157. The molecule has 0 spiro atoms. The van der Waals surface area contributed by atoms with Crippen LogP contribution in [0.2, 0.25) is 0 Å². The Kier molecular flexibility index (Phi) is 36.6. The second-order valence-electron chi connectivity index (χ2n) is 41.0. The number of ether oxygens (including phenoxy) is 27. The van der Waals surface area contributed by atoms with Crippen LogP contribution in [0.5, 0.6) is 0 Å². The molecule has 0 aliphatic carbocycles. The highest BCUT2D eigenvalue weighted by Crippen LogP contribution is 2.51. The van der Waals surface area contributed by atoms with Crippen molar-refractivity contribution >= 4 is 0 Å². The molecular weight excluding hydrogens is 1890 g/mol. The van der Waals surface area contributed by atoms with Gasteiger partial charge in [-0.1, -0.05) is 281 Å². The highest BCUT2D eigenvalue weighted by atomic mass is 16.8. The Labute approximate surface area is 858 Å². The van der Waals surface area contributed by atoms with E-state index >= 15 is 0 Å². The van der Waals surface area contributed by atoms with Crippen LogP contribution in [0.1, 0.15) is 140 Å². The second-order valence-corrected chi connectivity index (χ2v) is 41.0. The highest BCUT2D eigenvalue weighted by Gasteiger charge is 2.65. The molecule has 147 heavy (non-hydrogen) atoms. The molecule has 12 fully saturated rings. The largest absolute Gasteiger partial charge is 0.390 e. The average molecular weight is 2030 g/mol. The molecule has 0 amide bonds. The van der Waals surface area contributed by atoms with E-state index in [9.17, 15) is 15.7 Å². The summed E-state index contributed by atoms with van der Waals surface area (Å²) < 4.78 is 175. The zero-order valence-electron chi connectivity index (χ0n) is 85.2. The fourth-order valence-electron chi connectivity index (χ4n) is 21.6. The molecule has 0 aromatic heterocycles. The van der Waals surface area contributed by atoms with Gasteiger partial charge in [0, 0.05) is 32.8 Å². The van der Waals surface area contributed by atoms with Crippen molar-refractivity contribution in [2.24, 2.45) is 33.9 Å². The van der Waals surface area contributed by atoms with Crippen LogP contribution in [0.25, 0.3) is 20.9 Å². The lowest BCUT2D eigenvalue weighted by molar-refractivity contribution is -0.346. The predicted octanol–water partition coefficient (Wildman–Crippen LogP) is 16.4. The normalized spacial score (nSPS) is 37.5. The quantitative estimate of drug-likeness (QED) is 0.0209. The fourth-order valence-corrected chi connectivity index (χ4v) is 21.6. The Morgan fingerprint density at radius 1 is 0.327 bits per heavy atom. The molecule has 36 atom stereocenters. The van der Waals surface area contributed by atoms with Crippen LogP contribution in [0.4, 0.5) is 0 Å². The van der Waals surface area contributed by atoms with Gasteiger partial charge in [-0.05, 0) is 112 Å². The van der Waals surface area contributed by atoms with Crippen LogP contribution in [0.3, 0.4) is 0 Å². The van der Waals surface area contributed by atoms with Crippen LogP contribution < -0.4 is 0 Å². The third-order valence-electron chi connectivity index (χ3n) is 29.3. The molecule has 8 aromatic carbocycles. The van der Waals surface area contributed by atoms with Crippen molar-refractivity contribution in [3.63, 3.8) is 0 Å². The molecule has 18 unspecified atom stereocenters. The Hall–Kier alpha value is -8.78. The minimum atomic E-state index is -1.14. The SMILES string of the molecule is CC1C(O)[C@H](C)OC(COCc2ccccc2)[C@@H]1N=[N+]=[N-].CC1C(O[C@@H]2OC[C@]3(COCc4ccccc4)O[C@@H](c4ccccc4)OC23)[C@H](OCc2ccccc2)CO[C@H]1O[C@H]1C(C)O[C@@H](O)C2OC(C)(C)OC21.CC1C(O[C@@H]2OC[C@]3(COCc4ccccc4)O[C@@H](c4ccccc4)OC23)[C@H](OCc2ccccc2)CO[C@H]1O[C@H]1C(C)O[C@@H](OC2C(C)[C@@H](N=[N+]=[N-])C(COCc3ccccc3)O[C@H]2C)C2OC(C)(C)OC21. The molecular formula is C112H140N6O29. The number of hydrogen-bond acceptors (Lipinski definition) is 31. The first-order valence-corrected chi connectivity index (χ1v) is 51.3. The van der Waals surface area contributed by atoms with Gasteiger partial charge in [0.2, 0.25) is 0 Å². The molecule has 12 aliphatic heterocycles. The zero-order chi connectivity index (χ0) is 102. The molecule has 8 aromatic rings. The average Bonchev–Trinajstić information content (AvgIpc) is 1.59. The number of aliphatic hydroxyl groups is 2. The van der Waals surface area contributed by atoms with Gasteiger partial charge in [0.25, 0.3) is 0 Å². The lowest BCUT2D eigenvalue weighted by Gasteiger charge is -2.48. The smallest absolute Gasteiger partial charge is 0.187 e. The number of azide groups is 2. The minimum Gasteiger partial charge on any atom is -0.390 e. The number of nitrogens with zero attached hydrogens (tertiary/aromatic N) is 6. The monoisotopic (exact) mass is 2030 g/mol. The lowest BCUT2D eigenvalue weighted by Crippen LogP contribution is -2.62. The van der Waals surface area contributed by atoms with Crippen LogP contribution in [-0.4, -0.2) is 258 Å². The summed E-state index contributed by atoms with van der Waals surface area (Å²) in [6.07, 6.45) is -17.4. The summed E-state index contributed by atoms with van der Waals surface area (Å²) in [6, 6.07) is 78.5. The Morgan fingerprint density at radius 3 is 1.07 bits per heavy atom. The molecule has 0 radical (unpaired) electrons. The van der Waals surface area contributed by atoms with E-state index in [1.165, 1.54) is 0 Å². The van der Waals surface area contributed by atoms with Gasteiger partial charge in [-0.2, -0.15) is 0 Å². The van der Waals surface area contributed by atoms with Gasteiger partial charge < -0.3 is 138 Å². The van der Waals surface area contributed by atoms with Gasteiger partial charge in [-0.15, -0.1) is 0 Å². The number of fused-ring (bicyclic) bond motifs is 4. The van der Waals surface area contributed by atoms with Crippen LogP contribution in [0.15, 0.2) is 253 Å². The first kappa shape index (κ1) is 108. The van der Waals surface area contributed by atoms with Crippen molar-refractivity contribution in [1.29, 1.82) is 0 Å². The van der Waals surface area contributed by atoms with Crippen molar-refractivity contribution in [3.8, 4) is 0 Å². The summed E-state index contributed by atoms with van der Waals surface area (Å²) in [4.78, 5) is 6.06. The molecule has 35 nitrogen and oxygen atoms in total. The highest BCUT2D eigenvalue weighted by molar-refractivity contribution is 5.24. The van der Waals surface area contributed by atoms with E-state index in [1.807, 2.05) is 326 Å². The number of hydrogen-bond donors (Lipinski definition) is 2. The summed E-state index contributed by atoms with van der Waals surface area (Å²) in [5.74, 6) is -3.09. The maximum Gasteiger partial charge on any atom is 0.187 e. The molecule has 35 heteroatoms. The van der Waals surface area contributed by atoms with Crippen molar-refractivity contribution in [1.82, 2.24) is 0 Å². The fraction of sp³-hybridized carbons (Fsp3) is 0.571. The summed E-state index contributed by atoms with van der Waals surface area (Å²) in [6.45, 7) is 27.0. The van der Waals surface area contributed by atoms with E-state index in [2.05, 4.69) is 20.1 Å². The van der Waals surface area contributed by atoms with Crippen molar-refractivity contribution in [2.75, 3.05) is 52.9 Å². The maximum absolute atomic E-state index is 10.7. The van der Waals surface area contributed by atoms with Gasteiger partial charge in [-0.3, -0.25) is 0 Å². The molecule has 0 saturated carbocycles. The maximum atomic E-state index is 10.7. The molecule has 2 N–H and O–H groups in total. The first-order chi connectivity index (χ1) is 71.3. The van der Waals surface area contributed by atoms with E-state index in [4.69, 9.17) is 133 Å². The first-order valence-electron chi connectivity index (χ1n) is 51.3. The Bertz CT molecular complexity index is 5460. The molecule has 12 aliphatic rings. The molecule has 792 valence electrons. The summed E-state index contributed by atoms with van der Waals surface area (Å²) in [5, 5.41) is 28.6. The van der Waals surface area contributed by atoms with Crippen LogP contribution >= 0.6 is 0 Å². The van der Waals surface area contributed by atoms with E-state index in [0.717, 1.165) is 44.5 Å². The molecule has 0 bridgehead atoms. The van der Waals surface area contributed by atoms with Gasteiger partial charge in [-0.25, -0.2) is 0 Å².